The number of aryl methyl sites for hydroxylation is 2. The molecule has 4 nitrogen and oxygen atoms in total. The Kier molecular flexibility index (Phi) is 6.35. The Morgan fingerprint density at radius 1 is 0.850 bits per heavy atom. The number of para-hydroxylation sites is 1. The Bertz CT molecular complexity index is 668. The van der Waals surface area contributed by atoms with E-state index in [1.54, 1.807) is 12.1 Å². The highest BCUT2D eigenvalue weighted by Crippen LogP contribution is 2.15. The summed E-state index contributed by atoms with van der Waals surface area (Å²) >= 11 is 0. The molecular formula is C16H14N2O2. The van der Waals surface area contributed by atoms with Crippen molar-refractivity contribution < 1.29 is 9.59 Å². The van der Waals surface area contributed by atoms with E-state index >= 15 is 0 Å². The Labute approximate surface area is 117 Å². The number of aliphatic imine (C=N–C) groups is 2. The quantitative estimate of drug-likeness (QED) is 0.611. The van der Waals surface area contributed by atoms with Crippen LogP contribution < -0.4 is 0 Å². The molecule has 20 heavy (non-hydrogen) atoms. The summed E-state index contributed by atoms with van der Waals surface area (Å²) in [7, 11) is 0. The smallest absolute Gasteiger partial charge is 0.211 e. The van der Waals surface area contributed by atoms with Gasteiger partial charge < -0.3 is 0 Å². The summed E-state index contributed by atoms with van der Waals surface area (Å²) < 4.78 is 0. The fraction of sp³-hybridized carbons (Fsp3) is 0.125. The van der Waals surface area contributed by atoms with Gasteiger partial charge in [0.15, 0.2) is 0 Å². The molecule has 100 valence electrons. The summed E-state index contributed by atoms with van der Waals surface area (Å²) in [6, 6.07) is 14.8. The number of benzene rings is 2. The van der Waals surface area contributed by atoms with E-state index in [0.717, 1.165) is 11.1 Å². The molecule has 0 aliphatic carbocycles. The average molecular weight is 266 g/mol. The zero-order chi connectivity index (χ0) is 14.8. The molecule has 0 saturated heterocycles. The van der Waals surface area contributed by atoms with E-state index in [9.17, 15) is 9.59 Å². The zero-order valence-corrected chi connectivity index (χ0v) is 11.3. The molecule has 2 aromatic carbocycles. The van der Waals surface area contributed by atoms with Crippen molar-refractivity contribution in [3.63, 3.8) is 0 Å². The fourth-order valence-electron chi connectivity index (χ4n) is 1.49. The lowest BCUT2D eigenvalue weighted by Gasteiger charge is -1.92. The molecule has 0 amide bonds. The maximum Gasteiger partial charge on any atom is 0.240 e. The third-order valence-electron chi connectivity index (χ3n) is 2.46. The molecule has 0 unspecified atom stereocenters. The van der Waals surface area contributed by atoms with E-state index in [2.05, 4.69) is 9.98 Å². The van der Waals surface area contributed by atoms with E-state index < -0.39 is 0 Å². The van der Waals surface area contributed by atoms with Gasteiger partial charge in [0, 0.05) is 0 Å². The Morgan fingerprint density at radius 3 is 2.15 bits per heavy atom. The lowest BCUT2D eigenvalue weighted by Crippen LogP contribution is -1.70. The second-order valence-corrected chi connectivity index (χ2v) is 4.03. The predicted octanol–water partition coefficient (Wildman–Crippen LogP) is 3.92. The highest BCUT2D eigenvalue weighted by atomic mass is 16.1. The molecule has 2 aromatic rings. The van der Waals surface area contributed by atoms with Gasteiger partial charge in [0.05, 0.1) is 11.4 Å². The maximum atomic E-state index is 9.83. The fourth-order valence-corrected chi connectivity index (χ4v) is 1.49. The summed E-state index contributed by atoms with van der Waals surface area (Å²) in [6.45, 7) is 3.85. The Morgan fingerprint density at radius 2 is 1.55 bits per heavy atom. The van der Waals surface area contributed by atoms with Crippen LogP contribution >= 0.6 is 0 Å². The highest BCUT2D eigenvalue weighted by molar-refractivity contribution is 5.52. The van der Waals surface area contributed by atoms with E-state index in [1.807, 2.05) is 50.2 Å². The van der Waals surface area contributed by atoms with Gasteiger partial charge in [-0.15, -0.1) is 0 Å². The molecule has 0 radical (unpaired) electrons. The summed E-state index contributed by atoms with van der Waals surface area (Å²) in [5.74, 6) is 0. The molecule has 0 atom stereocenters. The van der Waals surface area contributed by atoms with Crippen molar-refractivity contribution in [3.8, 4) is 0 Å². The molecule has 0 aliphatic rings. The first-order valence-corrected chi connectivity index (χ1v) is 5.95. The van der Waals surface area contributed by atoms with Gasteiger partial charge in [0.25, 0.3) is 0 Å². The topological polar surface area (TPSA) is 58.9 Å². The Balaban J connectivity index is 0.000000200. The molecule has 0 saturated carbocycles. The lowest BCUT2D eigenvalue weighted by atomic mass is 10.2. The van der Waals surface area contributed by atoms with Gasteiger partial charge in [-0.3, -0.25) is 0 Å². The van der Waals surface area contributed by atoms with E-state index in [1.165, 1.54) is 12.2 Å². The minimum Gasteiger partial charge on any atom is -0.211 e. The first kappa shape index (κ1) is 15.3. The van der Waals surface area contributed by atoms with Gasteiger partial charge in [-0.1, -0.05) is 30.3 Å². The van der Waals surface area contributed by atoms with Crippen molar-refractivity contribution in [1.82, 2.24) is 0 Å². The minimum atomic E-state index is 0.662. The van der Waals surface area contributed by atoms with Crippen molar-refractivity contribution in [1.29, 1.82) is 0 Å². The van der Waals surface area contributed by atoms with Crippen LogP contribution in [0.3, 0.4) is 0 Å². The van der Waals surface area contributed by atoms with Crippen molar-refractivity contribution in [2.75, 3.05) is 0 Å². The van der Waals surface area contributed by atoms with Crippen LogP contribution in [-0.2, 0) is 9.59 Å². The number of hydrogen-bond acceptors (Lipinski definition) is 4. The second-order valence-electron chi connectivity index (χ2n) is 4.03. The van der Waals surface area contributed by atoms with Crippen molar-refractivity contribution in [2.45, 2.75) is 13.8 Å². The van der Waals surface area contributed by atoms with Crippen LogP contribution in [-0.4, -0.2) is 12.2 Å². The van der Waals surface area contributed by atoms with Crippen molar-refractivity contribution in [2.24, 2.45) is 9.98 Å². The van der Waals surface area contributed by atoms with Crippen LogP contribution in [0.25, 0.3) is 0 Å². The molecule has 4 heteroatoms. The number of hydrogen-bond donors (Lipinski definition) is 0. The number of nitrogens with zero attached hydrogens (tertiary/aromatic N) is 2. The summed E-state index contributed by atoms with van der Waals surface area (Å²) in [4.78, 5) is 26.6. The standard InChI is InChI=1S/2C8H7NO/c1-7-3-2-4-8(5-7)9-6-10;1-7-4-2-3-5-8(7)9-6-10/h2*2-5H,1H3. The summed E-state index contributed by atoms with van der Waals surface area (Å²) in [5.41, 5.74) is 3.44. The zero-order valence-electron chi connectivity index (χ0n) is 11.3. The molecule has 0 bridgehead atoms. The van der Waals surface area contributed by atoms with Gasteiger partial charge in [-0.25, -0.2) is 9.59 Å². The predicted molar refractivity (Wildman–Crippen MR) is 77.9 cm³/mol. The van der Waals surface area contributed by atoms with Crippen LogP contribution in [0.15, 0.2) is 58.5 Å². The number of isocyanates is 2. The van der Waals surface area contributed by atoms with E-state index in [4.69, 9.17) is 0 Å². The van der Waals surface area contributed by atoms with Crippen LogP contribution in [0.5, 0.6) is 0 Å². The van der Waals surface area contributed by atoms with Gasteiger partial charge in [-0.2, -0.15) is 9.98 Å². The first-order chi connectivity index (χ1) is 9.67. The monoisotopic (exact) mass is 266 g/mol. The van der Waals surface area contributed by atoms with Gasteiger partial charge in [-0.05, 0) is 43.2 Å². The van der Waals surface area contributed by atoms with Crippen LogP contribution in [0.1, 0.15) is 11.1 Å². The number of rotatable bonds is 2. The third kappa shape index (κ3) is 5.23. The average Bonchev–Trinajstić information content (AvgIpc) is 2.43. The normalized spacial score (nSPS) is 8.50. The van der Waals surface area contributed by atoms with Gasteiger partial charge >= 0.3 is 0 Å². The highest BCUT2D eigenvalue weighted by Gasteiger charge is 1.90. The maximum absolute atomic E-state index is 9.83. The largest absolute Gasteiger partial charge is 0.240 e. The second kappa shape index (κ2) is 8.33. The van der Waals surface area contributed by atoms with Gasteiger partial charge in [0.1, 0.15) is 0 Å². The van der Waals surface area contributed by atoms with E-state index in [-0.39, 0.29) is 0 Å². The van der Waals surface area contributed by atoms with E-state index in [0.29, 0.717) is 11.4 Å². The van der Waals surface area contributed by atoms with Crippen LogP contribution in [0, 0.1) is 13.8 Å². The third-order valence-corrected chi connectivity index (χ3v) is 2.46. The lowest BCUT2D eigenvalue weighted by molar-refractivity contribution is 0.564. The molecule has 0 heterocycles. The first-order valence-electron chi connectivity index (χ1n) is 5.95. The summed E-state index contributed by atoms with van der Waals surface area (Å²) in [6.07, 6.45) is 2.99. The van der Waals surface area contributed by atoms with Crippen molar-refractivity contribution in [3.05, 3.63) is 59.7 Å². The molecule has 0 fully saturated rings. The molecule has 0 spiro atoms. The minimum absolute atomic E-state index is 0.662. The van der Waals surface area contributed by atoms with Gasteiger partial charge in [0.2, 0.25) is 12.2 Å². The molecule has 0 N–H and O–H groups in total. The number of carbonyl (C=O) groups excluding carboxylic acids is 2. The van der Waals surface area contributed by atoms with Crippen LogP contribution in [0.4, 0.5) is 11.4 Å². The SMILES string of the molecule is Cc1cccc(N=C=O)c1.Cc1ccccc1N=C=O. The van der Waals surface area contributed by atoms with Crippen LogP contribution in [0.2, 0.25) is 0 Å². The molecule has 0 aliphatic heterocycles. The molecule has 2 rings (SSSR count). The van der Waals surface area contributed by atoms with Crippen molar-refractivity contribution >= 4 is 23.5 Å². The Hall–Kier alpha value is -2.80. The molecular weight excluding hydrogens is 252 g/mol. The summed E-state index contributed by atoms with van der Waals surface area (Å²) in [5, 5.41) is 0. The molecule has 0 aromatic heterocycles.